The Labute approximate surface area is 97.0 Å². The molecule has 3 heteroatoms. The van der Waals surface area contributed by atoms with E-state index < -0.39 is 0 Å². The summed E-state index contributed by atoms with van der Waals surface area (Å²) in [4.78, 5) is 4.16. The summed E-state index contributed by atoms with van der Waals surface area (Å²) in [5, 5.41) is 0. The maximum atomic E-state index is 6.00. The van der Waals surface area contributed by atoms with Crippen LogP contribution < -0.4 is 10.5 Å². The lowest BCUT2D eigenvalue weighted by Gasteiger charge is -2.36. The molecule has 2 N–H and O–H groups in total. The fourth-order valence-corrected chi connectivity index (χ4v) is 2.69. The minimum atomic E-state index is 0.161. The average Bonchev–Trinajstić information content (AvgIpc) is 2.39. The number of aromatic nitrogens is 1. The van der Waals surface area contributed by atoms with E-state index in [2.05, 4.69) is 11.1 Å². The van der Waals surface area contributed by atoms with Gasteiger partial charge in [0.25, 0.3) is 0 Å². The molecular weight excluding hydrogens is 200 g/mol. The van der Waals surface area contributed by atoms with Crippen LogP contribution in [0.4, 0.5) is 0 Å². The summed E-state index contributed by atoms with van der Waals surface area (Å²) < 4.78 is 5.18. The summed E-state index contributed by atoms with van der Waals surface area (Å²) in [6.45, 7) is 0.722. The van der Waals surface area contributed by atoms with Crippen molar-refractivity contribution < 1.29 is 4.74 Å². The van der Waals surface area contributed by atoms with Gasteiger partial charge in [-0.2, -0.15) is 0 Å². The third-order valence-electron chi connectivity index (χ3n) is 3.76. The minimum Gasteiger partial charge on any atom is -0.481 e. The number of ether oxygens (including phenoxy) is 1. The summed E-state index contributed by atoms with van der Waals surface area (Å²) in [6, 6.07) is 4.12. The molecule has 0 atom stereocenters. The van der Waals surface area contributed by atoms with Gasteiger partial charge in [0.2, 0.25) is 5.88 Å². The van der Waals surface area contributed by atoms with Crippen molar-refractivity contribution in [2.45, 2.75) is 37.5 Å². The molecule has 1 aromatic heterocycles. The number of nitrogens with zero attached hydrogens (tertiary/aromatic N) is 1. The number of pyridine rings is 1. The van der Waals surface area contributed by atoms with Crippen molar-refractivity contribution in [3.05, 3.63) is 23.9 Å². The first-order valence-electron chi connectivity index (χ1n) is 6.01. The van der Waals surface area contributed by atoms with Gasteiger partial charge in [-0.25, -0.2) is 4.98 Å². The molecule has 88 valence electrons. The molecule has 0 spiro atoms. The highest BCUT2D eigenvalue weighted by molar-refractivity contribution is 5.29. The van der Waals surface area contributed by atoms with E-state index in [-0.39, 0.29) is 5.41 Å². The molecule has 1 aliphatic carbocycles. The van der Waals surface area contributed by atoms with Crippen LogP contribution in [0.2, 0.25) is 0 Å². The molecule has 1 heterocycles. The van der Waals surface area contributed by atoms with Gasteiger partial charge < -0.3 is 10.5 Å². The monoisotopic (exact) mass is 220 g/mol. The summed E-state index contributed by atoms with van der Waals surface area (Å²) in [5.74, 6) is 0.691. The average molecular weight is 220 g/mol. The third kappa shape index (κ3) is 2.05. The van der Waals surface area contributed by atoms with E-state index in [0.29, 0.717) is 5.88 Å². The van der Waals surface area contributed by atoms with Crippen molar-refractivity contribution in [3.63, 3.8) is 0 Å². The van der Waals surface area contributed by atoms with Crippen LogP contribution >= 0.6 is 0 Å². The van der Waals surface area contributed by atoms with E-state index in [4.69, 9.17) is 10.5 Å². The molecule has 0 radical (unpaired) electrons. The van der Waals surface area contributed by atoms with Gasteiger partial charge in [0.15, 0.2) is 0 Å². The number of nitrogens with two attached hydrogens (primary N) is 1. The first-order valence-corrected chi connectivity index (χ1v) is 6.01. The van der Waals surface area contributed by atoms with Crippen molar-refractivity contribution in [3.8, 4) is 5.88 Å². The van der Waals surface area contributed by atoms with Gasteiger partial charge in [0.1, 0.15) is 0 Å². The molecule has 1 fully saturated rings. The number of methoxy groups -OCH3 is 1. The molecule has 0 unspecified atom stereocenters. The molecule has 0 bridgehead atoms. The Morgan fingerprint density at radius 1 is 1.38 bits per heavy atom. The van der Waals surface area contributed by atoms with Gasteiger partial charge in [-0.05, 0) is 24.5 Å². The molecule has 0 amide bonds. The van der Waals surface area contributed by atoms with Crippen LogP contribution in [0.15, 0.2) is 18.3 Å². The van der Waals surface area contributed by atoms with Crippen molar-refractivity contribution in [1.29, 1.82) is 0 Å². The standard InChI is InChI=1S/C13H20N2O/c1-16-12-9-11(5-8-15-12)13(10-14)6-3-2-4-7-13/h5,8-9H,2-4,6-7,10,14H2,1H3. The maximum Gasteiger partial charge on any atom is 0.213 e. The Morgan fingerprint density at radius 2 is 2.12 bits per heavy atom. The third-order valence-corrected chi connectivity index (χ3v) is 3.76. The summed E-state index contributed by atoms with van der Waals surface area (Å²) in [6.07, 6.45) is 8.10. The van der Waals surface area contributed by atoms with Gasteiger partial charge in [-0.3, -0.25) is 0 Å². The van der Waals surface area contributed by atoms with Gasteiger partial charge in [0, 0.05) is 24.2 Å². The highest BCUT2D eigenvalue weighted by atomic mass is 16.5. The molecule has 0 aromatic carbocycles. The molecule has 0 saturated heterocycles. The van der Waals surface area contributed by atoms with E-state index in [0.717, 1.165) is 6.54 Å². The minimum absolute atomic E-state index is 0.161. The molecule has 16 heavy (non-hydrogen) atoms. The van der Waals surface area contributed by atoms with Crippen LogP contribution in [0.1, 0.15) is 37.7 Å². The first-order chi connectivity index (χ1) is 7.80. The first kappa shape index (κ1) is 11.4. The van der Waals surface area contributed by atoms with Gasteiger partial charge >= 0.3 is 0 Å². The Morgan fingerprint density at radius 3 is 2.75 bits per heavy atom. The Hall–Kier alpha value is -1.09. The summed E-state index contributed by atoms with van der Waals surface area (Å²) in [5.41, 5.74) is 7.45. The molecule has 2 rings (SSSR count). The van der Waals surface area contributed by atoms with Crippen LogP contribution in [0, 0.1) is 0 Å². The lowest BCUT2D eigenvalue weighted by atomic mass is 9.70. The predicted octanol–water partition coefficient (Wildman–Crippen LogP) is 2.25. The largest absolute Gasteiger partial charge is 0.481 e. The zero-order valence-corrected chi connectivity index (χ0v) is 9.91. The molecular formula is C13H20N2O. The van der Waals surface area contributed by atoms with Gasteiger partial charge in [-0.15, -0.1) is 0 Å². The Balaban J connectivity index is 2.31. The summed E-state index contributed by atoms with van der Waals surface area (Å²) >= 11 is 0. The topological polar surface area (TPSA) is 48.1 Å². The van der Waals surface area contributed by atoms with E-state index in [1.807, 2.05) is 12.3 Å². The second kappa shape index (κ2) is 4.83. The molecule has 0 aliphatic heterocycles. The van der Waals surface area contributed by atoms with Crippen molar-refractivity contribution >= 4 is 0 Å². The zero-order chi connectivity index (χ0) is 11.4. The van der Waals surface area contributed by atoms with Crippen LogP contribution in [0.25, 0.3) is 0 Å². The van der Waals surface area contributed by atoms with E-state index in [1.54, 1.807) is 7.11 Å². The van der Waals surface area contributed by atoms with E-state index in [1.165, 1.54) is 37.7 Å². The maximum absolute atomic E-state index is 6.00. The number of hydrogen-bond acceptors (Lipinski definition) is 3. The van der Waals surface area contributed by atoms with Crippen molar-refractivity contribution in [1.82, 2.24) is 4.98 Å². The van der Waals surface area contributed by atoms with Crippen molar-refractivity contribution in [2.24, 2.45) is 5.73 Å². The number of rotatable bonds is 3. The lowest BCUT2D eigenvalue weighted by molar-refractivity contribution is 0.298. The smallest absolute Gasteiger partial charge is 0.213 e. The van der Waals surface area contributed by atoms with Crippen LogP contribution in [-0.2, 0) is 5.41 Å². The van der Waals surface area contributed by atoms with E-state index >= 15 is 0 Å². The molecule has 1 aromatic rings. The normalized spacial score (nSPS) is 19.4. The fourth-order valence-electron chi connectivity index (χ4n) is 2.69. The van der Waals surface area contributed by atoms with Crippen LogP contribution in [0.5, 0.6) is 5.88 Å². The van der Waals surface area contributed by atoms with Crippen LogP contribution in [0.3, 0.4) is 0 Å². The predicted molar refractivity (Wildman–Crippen MR) is 64.6 cm³/mol. The lowest BCUT2D eigenvalue weighted by Crippen LogP contribution is -2.37. The SMILES string of the molecule is COc1cc(C2(CN)CCCCC2)ccn1. The Bertz CT molecular complexity index is 346. The zero-order valence-electron chi connectivity index (χ0n) is 9.91. The molecule has 3 nitrogen and oxygen atoms in total. The van der Waals surface area contributed by atoms with E-state index in [9.17, 15) is 0 Å². The number of hydrogen-bond donors (Lipinski definition) is 1. The van der Waals surface area contributed by atoms with Gasteiger partial charge in [0.05, 0.1) is 7.11 Å². The second-order valence-corrected chi connectivity index (χ2v) is 4.63. The van der Waals surface area contributed by atoms with Crippen LogP contribution in [-0.4, -0.2) is 18.6 Å². The second-order valence-electron chi connectivity index (χ2n) is 4.63. The quantitative estimate of drug-likeness (QED) is 0.850. The van der Waals surface area contributed by atoms with Gasteiger partial charge in [-0.1, -0.05) is 19.3 Å². The molecule has 1 aliphatic rings. The highest BCUT2D eigenvalue weighted by Crippen LogP contribution is 2.39. The highest BCUT2D eigenvalue weighted by Gasteiger charge is 2.32. The Kier molecular flexibility index (Phi) is 3.44. The molecule has 1 saturated carbocycles. The summed E-state index contributed by atoms with van der Waals surface area (Å²) in [7, 11) is 1.65. The van der Waals surface area contributed by atoms with Crippen molar-refractivity contribution in [2.75, 3.05) is 13.7 Å². The fraction of sp³-hybridized carbons (Fsp3) is 0.615.